The minimum Gasteiger partial charge on any atom is -0.388 e. The first-order chi connectivity index (χ1) is 12.8. The van der Waals surface area contributed by atoms with E-state index in [2.05, 4.69) is 15.0 Å². The van der Waals surface area contributed by atoms with E-state index in [1.165, 1.54) is 11.0 Å². The van der Waals surface area contributed by atoms with Gasteiger partial charge in [-0.2, -0.15) is 0 Å². The Hall–Kier alpha value is -3.10. The molecule has 142 valence electrons. The van der Waals surface area contributed by atoms with Gasteiger partial charge in [0.15, 0.2) is 0 Å². The molecule has 0 saturated carbocycles. The number of ether oxygens (including phenoxy) is 1. The number of amides is 2. The van der Waals surface area contributed by atoms with Crippen molar-refractivity contribution in [2.45, 2.75) is 32.2 Å². The zero-order chi connectivity index (χ0) is 19.6. The number of pyridine rings is 1. The van der Waals surface area contributed by atoms with Crippen molar-refractivity contribution in [3.63, 3.8) is 0 Å². The molecule has 1 N–H and O–H groups in total. The third-order valence-electron chi connectivity index (χ3n) is 4.02. The maximum Gasteiger partial charge on any atom is 0.574 e. The van der Waals surface area contributed by atoms with Crippen LogP contribution >= 0.6 is 0 Å². The number of alkyl halides is 3. The Labute approximate surface area is 152 Å². The van der Waals surface area contributed by atoms with E-state index in [0.717, 1.165) is 12.3 Å². The molecule has 1 aliphatic heterocycles. The number of hydrogen-bond donors (Lipinski definition) is 1. The highest BCUT2D eigenvalue weighted by molar-refractivity contribution is 6.16. The van der Waals surface area contributed by atoms with Gasteiger partial charge in [-0.05, 0) is 24.6 Å². The fourth-order valence-corrected chi connectivity index (χ4v) is 2.90. The zero-order valence-corrected chi connectivity index (χ0v) is 14.3. The van der Waals surface area contributed by atoms with Crippen LogP contribution in [-0.4, -0.2) is 29.2 Å². The summed E-state index contributed by atoms with van der Waals surface area (Å²) < 4.78 is 40.5. The zero-order valence-electron chi connectivity index (χ0n) is 14.3. The molecule has 1 aliphatic rings. The lowest BCUT2D eigenvalue weighted by atomic mass is 10.0. The van der Waals surface area contributed by atoms with Gasteiger partial charge in [0.25, 0.3) is 5.91 Å². The number of halogens is 3. The van der Waals surface area contributed by atoms with Gasteiger partial charge in [-0.25, -0.2) is 4.98 Å². The van der Waals surface area contributed by atoms with Crippen molar-refractivity contribution in [3.05, 3.63) is 48.2 Å². The molecule has 1 atom stereocenters. The van der Waals surface area contributed by atoms with Gasteiger partial charge in [0.05, 0.1) is 16.9 Å². The smallest absolute Gasteiger partial charge is 0.388 e. The van der Waals surface area contributed by atoms with Gasteiger partial charge in [0.2, 0.25) is 11.8 Å². The molecule has 1 aromatic carbocycles. The molecule has 2 aromatic rings. The summed E-state index contributed by atoms with van der Waals surface area (Å²) in [4.78, 5) is 30.4. The van der Waals surface area contributed by atoms with Crippen LogP contribution < -0.4 is 15.0 Å². The van der Waals surface area contributed by atoms with Crippen molar-refractivity contribution in [1.82, 2.24) is 4.98 Å². The van der Waals surface area contributed by atoms with Crippen molar-refractivity contribution < 1.29 is 27.5 Å². The molecule has 2 heterocycles. The summed E-state index contributed by atoms with van der Waals surface area (Å²) in [6.45, 7) is 1.89. The molecule has 1 unspecified atom stereocenters. The predicted octanol–water partition coefficient (Wildman–Crippen LogP) is 3.75. The van der Waals surface area contributed by atoms with Crippen LogP contribution in [0.15, 0.2) is 42.6 Å². The number of carbonyl (C=O) groups excluding carboxylic acids is 2. The highest BCUT2D eigenvalue weighted by Gasteiger charge is 2.37. The van der Waals surface area contributed by atoms with Crippen molar-refractivity contribution in [2.75, 3.05) is 10.2 Å². The average molecular weight is 379 g/mol. The van der Waals surface area contributed by atoms with Gasteiger partial charge in [-0.15, -0.1) is 13.2 Å². The Kier molecular flexibility index (Phi) is 5.02. The number of rotatable bonds is 4. The highest BCUT2D eigenvalue weighted by atomic mass is 19.4. The first-order valence-corrected chi connectivity index (χ1v) is 8.25. The Morgan fingerprint density at radius 3 is 2.63 bits per heavy atom. The van der Waals surface area contributed by atoms with Crippen LogP contribution in [0.1, 0.15) is 30.1 Å². The summed E-state index contributed by atoms with van der Waals surface area (Å²) >= 11 is 0. The number of carbonyl (C=O) groups is 2. The van der Waals surface area contributed by atoms with Crippen molar-refractivity contribution in [3.8, 4) is 5.88 Å². The van der Waals surface area contributed by atoms with E-state index in [0.29, 0.717) is 24.2 Å². The van der Waals surface area contributed by atoms with E-state index < -0.39 is 24.2 Å². The molecule has 0 bridgehead atoms. The van der Waals surface area contributed by atoms with Crippen LogP contribution in [-0.2, 0) is 4.79 Å². The number of fused-ring (bicyclic) bond motifs is 1. The lowest BCUT2D eigenvalue weighted by Crippen LogP contribution is -2.51. The van der Waals surface area contributed by atoms with Gasteiger partial charge >= 0.3 is 6.36 Å². The quantitative estimate of drug-likeness (QED) is 0.878. The number of nitrogens with zero attached hydrogens (tertiary/aromatic N) is 2. The minimum absolute atomic E-state index is 0.0510. The summed E-state index contributed by atoms with van der Waals surface area (Å²) in [6, 6.07) is 8.27. The van der Waals surface area contributed by atoms with Crippen molar-refractivity contribution >= 4 is 23.2 Å². The van der Waals surface area contributed by atoms with E-state index in [-0.39, 0.29) is 11.5 Å². The van der Waals surface area contributed by atoms with Crippen molar-refractivity contribution in [1.29, 1.82) is 0 Å². The summed E-state index contributed by atoms with van der Waals surface area (Å²) in [6.07, 6.45) is -2.76. The molecule has 9 heteroatoms. The molecule has 0 radical (unpaired) electrons. The average Bonchev–Trinajstić information content (AvgIpc) is 2.61. The van der Waals surface area contributed by atoms with Gasteiger partial charge < -0.3 is 10.1 Å². The first kappa shape index (κ1) is 18.7. The summed E-state index contributed by atoms with van der Waals surface area (Å²) in [5.41, 5.74) is 1.07. The second-order valence-electron chi connectivity index (χ2n) is 5.92. The lowest BCUT2D eigenvalue weighted by molar-refractivity contribution is -0.276. The van der Waals surface area contributed by atoms with E-state index in [1.54, 1.807) is 24.3 Å². The third kappa shape index (κ3) is 4.02. The van der Waals surface area contributed by atoms with Gasteiger partial charge in [0.1, 0.15) is 6.04 Å². The molecular formula is C18H16F3N3O3. The van der Waals surface area contributed by atoms with Crippen LogP contribution in [0, 0.1) is 0 Å². The first-order valence-electron chi connectivity index (χ1n) is 8.25. The Morgan fingerprint density at radius 1 is 1.26 bits per heavy atom. The number of nitrogens with one attached hydrogen (secondary N) is 1. The molecule has 6 nitrogen and oxygen atoms in total. The summed E-state index contributed by atoms with van der Waals surface area (Å²) in [7, 11) is 0. The fraction of sp³-hybridized carbons (Fsp3) is 0.278. The van der Waals surface area contributed by atoms with E-state index in [9.17, 15) is 22.8 Å². The fourth-order valence-electron chi connectivity index (χ4n) is 2.90. The largest absolute Gasteiger partial charge is 0.574 e. The third-order valence-corrected chi connectivity index (χ3v) is 4.02. The molecule has 0 saturated heterocycles. The molecule has 0 fully saturated rings. The number of aromatic nitrogens is 1. The van der Waals surface area contributed by atoms with Gasteiger partial charge in [-0.3, -0.25) is 14.5 Å². The molecule has 3 rings (SSSR count). The standard InChI is InChI=1S/C18H16F3N3O3/c1-2-5-14-16(25)23-12-6-3-4-7-13(12)24(14)17(26)11-8-9-15(22-10-11)27-18(19,20)21/h3-4,6-10,14H,2,5H2,1H3,(H,23,25). The predicted molar refractivity (Wildman–Crippen MR) is 91.5 cm³/mol. The van der Waals surface area contributed by atoms with Gasteiger partial charge in [-0.1, -0.05) is 25.5 Å². The molecule has 1 aromatic heterocycles. The maximum absolute atomic E-state index is 13.0. The minimum atomic E-state index is -4.87. The number of anilines is 2. The normalized spacial score (nSPS) is 16.5. The van der Waals surface area contributed by atoms with Crippen LogP contribution in [0.5, 0.6) is 5.88 Å². The van der Waals surface area contributed by atoms with E-state index in [4.69, 9.17) is 0 Å². The number of benzene rings is 1. The van der Waals surface area contributed by atoms with Gasteiger partial charge in [0, 0.05) is 12.3 Å². The topological polar surface area (TPSA) is 71.5 Å². The highest BCUT2D eigenvalue weighted by Crippen LogP contribution is 2.34. The van der Waals surface area contributed by atoms with Crippen LogP contribution in [0.3, 0.4) is 0 Å². The maximum atomic E-state index is 13.0. The SMILES string of the molecule is CCCC1C(=O)Nc2ccccc2N1C(=O)c1ccc(OC(F)(F)F)nc1. The van der Waals surface area contributed by atoms with Crippen LogP contribution in [0.25, 0.3) is 0 Å². The summed E-state index contributed by atoms with van der Waals surface area (Å²) in [5, 5.41) is 2.77. The molecule has 2 amide bonds. The molecular weight excluding hydrogens is 363 g/mol. The number of hydrogen-bond acceptors (Lipinski definition) is 4. The monoisotopic (exact) mass is 379 g/mol. The number of para-hydroxylation sites is 2. The van der Waals surface area contributed by atoms with E-state index >= 15 is 0 Å². The molecule has 0 aliphatic carbocycles. The molecule has 0 spiro atoms. The van der Waals surface area contributed by atoms with Crippen LogP contribution in [0.4, 0.5) is 24.5 Å². The second kappa shape index (κ2) is 7.26. The Morgan fingerprint density at radius 2 is 2.00 bits per heavy atom. The Balaban J connectivity index is 1.94. The van der Waals surface area contributed by atoms with Crippen LogP contribution in [0.2, 0.25) is 0 Å². The molecule has 27 heavy (non-hydrogen) atoms. The summed E-state index contributed by atoms with van der Waals surface area (Å²) in [5.74, 6) is -1.50. The van der Waals surface area contributed by atoms with Crippen molar-refractivity contribution in [2.24, 2.45) is 0 Å². The second-order valence-corrected chi connectivity index (χ2v) is 5.92. The Bertz CT molecular complexity index is 853. The van der Waals surface area contributed by atoms with E-state index in [1.807, 2.05) is 6.92 Å². The lowest BCUT2D eigenvalue weighted by Gasteiger charge is -2.36.